The number of alkyl halides is 1. The molecule has 0 aliphatic heterocycles. The molecule has 60 valence electrons. The summed E-state index contributed by atoms with van der Waals surface area (Å²) in [7, 11) is 1.72. The summed E-state index contributed by atoms with van der Waals surface area (Å²) in [5, 5.41) is 3.86. The molecule has 0 heterocycles. The number of nitrogens with one attached hydrogen (secondary N) is 1. The molecular weight excluding hydrogens is 151 g/mol. The van der Waals surface area contributed by atoms with Crippen LogP contribution in [0.25, 0.3) is 0 Å². The third kappa shape index (κ3) is 4.61. The fraction of sp³-hybridized carbons (Fsp3) is 0.833. The van der Waals surface area contributed by atoms with Gasteiger partial charge in [0.25, 0.3) is 0 Å². The normalized spacial score (nSPS) is 11.7. The fourth-order valence-corrected chi connectivity index (χ4v) is 0.934. The van der Waals surface area contributed by atoms with Gasteiger partial charge in [-0.2, -0.15) is 0 Å². The van der Waals surface area contributed by atoms with Gasteiger partial charge in [-0.05, 0) is 12.7 Å². The Labute approximate surface area is 65.3 Å². The van der Waals surface area contributed by atoms with Crippen LogP contribution in [-0.4, -0.2) is 31.7 Å². The zero-order chi connectivity index (χ0) is 7.82. The molecule has 4 heteroatoms. The molecule has 0 aromatic rings. The molecule has 0 aromatic heterocycles. The highest BCUT2D eigenvalue weighted by Gasteiger charge is 1.91. The second kappa shape index (κ2) is 6.86. The van der Waals surface area contributed by atoms with Gasteiger partial charge in [0.1, 0.15) is 0 Å². The van der Waals surface area contributed by atoms with Gasteiger partial charge in [0, 0.05) is 13.6 Å². The van der Waals surface area contributed by atoms with Crippen LogP contribution in [0.4, 0.5) is 4.39 Å². The van der Waals surface area contributed by atoms with Crippen LogP contribution < -0.4 is 5.32 Å². The zero-order valence-corrected chi connectivity index (χ0v) is 7.17. The van der Waals surface area contributed by atoms with Gasteiger partial charge in [0.15, 0.2) is 5.17 Å². The summed E-state index contributed by atoms with van der Waals surface area (Å²) < 4.78 is 11.6. The molecule has 0 amide bonds. The molecule has 0 rings (SSSR count). The molecule has 0 aromatic carbocycles. The van der Waals surface area contributed by atoms with Crippen LogP contribution in [0.5, 0.6) is 0 Å². The van der Waals surface area contributed by atoms with Crippen molar-refractivity contribution in [2.75, 3.05) is 26.5 Å². The quantitative estimate of drug-likeness (QED) is 0.386. The van der Waals surface area contributed by atoms with Crippen molar-refractivity contribution in [2.45, 2.75) is 6.42 Å². The van der Waals surface area contributed by atoms with Gasteiger partial charge in [-0.1, -0.05) is 11.8 Å². The first-order valence-corrected chi connectivity index (χ1v) is 4.38. The third-order valence-corrected chi connectivity index (χ3v) is 1.70. The molecule has 1 N–H and O–H groups in total. The van der Waals surface area contributed by atoms with Crippen LogP contribution in [-0.2, 0) is 0 Å². The van der Waals surface area contributed by atoms with Gasteiger partial charge in [-0.3, -0.25) is 9.38 Å². The van der Waals surface area contributed by atoms with E-state index in [2.05, 4.69) is 10.3 Å². The van der Waals surface area contributed by atoms with E-state index in [4.69, 9.17) is 0 Å². The summed E-state index contributed by atoms with van der Waals surface area (Å²) in [5.41, 5.74) is 0. The summed E-state index contributed by atoms with van der Waals surface area (Å²) in [6.07, 6.45) is 2.49. The van der Waals surface area contributed by atoms with Crippen molar-refractivity contribution in [3.8, 4) is 0 Å². The highest BCUT2D eigenvalue weighted by Crippen LogP contribution is 1.92. The van der Waals surface area contributed by atoms with Crippen molar-refractivity contribution in [1.82, 2.24) is 5.32 Å². The minimum atomic E-state index is -0.266. The Bertz CT molecular complexity index is 106. The van der Waals surface area contributed by atoms with Crippen LogP contribution in [0, 0.1) is 0 Å². The van der Waals surface area contributed by atoms with E-state index in [1.165, 1.54) is 11.8 Å². The Morgan fingerprint density at radius 3 is 2.80 bits per heavy atom. The van der Waals surface area contributed by atoms with Gasteiger partial charge in [-0.15, -0.1) is 0 Å². The van der Waals surface area contributed by atoms with E-state index in [0.29, 0.717) is 13.0 Å². The number of hydrogen-bond acceptors (Lipinski definition) is 2. The van der Waals surface area contributed by atoms with Crippen molar-refractivity contribution in [3.63, 3.8) is 0 Å². The van der Waals surface area contributed by atoms with E-state index in [1.807, 2.05) is 6.26 Å². The predicted molar refractivity (Wildman–Crippen MR) is 45.5 cm³/mol. The predicted octanol–water partition coefficient (Wildman–Crippen LogP) is 1.28. The van der Waals surface area contributed by atoms with Gasteiger partial charge in [0.2, 0.25) is 0 Å². The van der Waals surface area contributed by atoms with Crippen LogP contribution in [0.2, 0.25) is 0 Å². The van der Waals surface area contributed by atoms with Crippen molar-refractivity contribution in [1.29, 1.82) is 0 Å². The Morgan fingerprint density at radius 1 is 1.70 bits per heavy atom. The lowest BCUT2D eigenvalue weighted by Crippen LogP contribution is -2.21. The molecule has 0 aliphatic rings. The van der Waals surface area contributed by atoms with Crippen molar-refractivity contribution in [2.24, 2.45) is 4.99 Å². The number of aliphatic imine (C=N–C) groups is 1. The number of halogens is 1. The topological polar surface area (TPSA) is 24.4 Å². The van der Waals surface area contributed by atoms with E-state index < -0.39 is 0 Å². The number of nitrogens with zero attached hydrogens (tertiary/aromatic N) is 1. The number of hydrogen-bond donors (Lipinski definition) is 1. The fourth-order valence-electron chi connectivity index (χ4n) is 0.505. The average molecular weight is 164 g/mol. The van der Waals surface area contributed by atoms with Gasteiger partial charge >= 0.3 is 0 Å². The molecule has 0 atom stereocenters. The van der Waals surface area contributed by atoms with Crippen molar-refractivity contribution in [3.05, 3.63) is 0 Å². The molecule has 0 bridgehead atoms. The largest absolute Gasteiger partial charge is 0.365 e. The molecule has 10 heavy (non-hydrogen) atoms. The van der Waals surface area contributed by atoms with E-state index in [1.54, 1.807) is 7.05 Å². The van der Waals surface area contributed by atoms with Crippen LogP contribution >= 0.6 is 11.8 Å². The minimum Gasteiger partial charge on any atom is -0.365 e. The van der Waals surface area contributed by atoms with E-state index in [-0.39, 0.29) is 6.67 Å². The maximum atomic E-state index is 11.6. The SMILES string of the molecule is CN=C(NCCCF)SC. The van der Waals surface area contributed by atoms with Crippen LogP contribution in [0.15, 0.2) is 4.99 Å². The minimum absolute atomic E-state index is 0.266. The first-order chi connectivity index (χ1) is 4.85. The molecule has 0 radical (unpaired) electrons. The Balaban J connectivity index is 3.27. The molecule has 0 spiro atoms. The first-order valence-electron chi connectivity index (χ1n) is 3.15. The third-order valence-electron chi connectivity index (χ3n) is 0.983. The summed E-state index contributed by atoms with van der Waals surface area (Å²) in [4.78, 5) is 3.92. The van der Waals surface area contributed by atoms with Gasteiger partial charge in [-0.25, -0.2) is 0 Å². The lowest BCUT2D eigenvalue weighted by atomic mass is 10.5. The Morgan fingerprint density at radius 2 is 2.40 bits per heavy atom. The lowest BCUT2D eigenvalue weighted by Gasteiger charge is -2.03. The number of thioether (sulfide) groups is 1. The van der Waals surface area contributed by atoms with Crippen LogP contribution in [0.3, 0.4) is 0 Å². The summed E-state index contributed by atoms with van der Waals surface area (Å²) in [5.74, 6) is 0. The van der Waals surface area contributed by atoms with Crippen molar-refractivity contribution >= 4 is 16.9 Å². The smallest absolute Gasteiger partial charge is 0.155 e. The van der Waals surface area contributed by atoms with E-state index in [9.17, 15) is 4.39 Å². The first kappa shape index (κ1) is 9.75. The lowest BCUT2D eigenvalue weighted by molar-refractivity contribution is 0.472. The number of amidine groups is 1. The van der Waals surface area contributed by atoms with Crippen LogP contribution in [0.1, 0.15) is 6.42 Å². The highest BCUT2D eigenvalue weighted by molar-refractivity contribution is 8.13. The maximum Gasteiger partial charge on any atom is 0.155 e. The van der Waals surface area contributed by atoms with E-state index in [0.717, 1.165) is 5.17 Å². The molecular formula is C6H13FN2S. The molecule has 2 nitrogen and oxygen atoms in total. The van der Waals surface area contributed by atoms with Gasteiger partial charge in [0.05, 0.1) is 6.67 Å². The van der Waals surface area contributed by atoms with E-state index >= 15 is 0 Å². The monoisotopic (exact) mass is 164 g/mol. The molecule has 0 saturated carbocycles. The molecule has 0 unspecified atom stereocenters. The Kier molecular flexibility index (Phi) is 6.69. The summed E-state index contributed by atoms with van der Waals surface area (Å²) >= 11 is 1.54. The standard InChI is InChI=1S/C6H13FN2S/c1-8-6(10-2)9-5-3-4-7/h3-5H2,1-2H3,(H,8,9). The molecule has 0 fully saturated rings. The Hall–Kier alpha value is -0.250. The maximum absolute atomic E-state index is 11.6. The zero-order valence-electron chi connectivity index (χ0n) is 6.35. The second-order valence-corrected chi connectivity index (χ2v) is 2.50. The number of rotatable bonds is 3. The summed E-state index contributed by atoms with van der Waals surface area (Å²) in [6.45, 7) is 0.405. The molecule has 0 aliphatic carbocycles. The molecule has 0 saturated heterocycles. The average Bonchev–Trinajstić information content (AvgIpc) is 1.99. The second-order valence-electron chi connectivity index (χ2n) is 1.70. The van der Waals surface area contributed by atoms with Crippen molar-refractivity contribution < 1.29 is 4.39 Å². The summed E-state index contributed by atoms with van der Waals surface area (Å²) in [6, 6.07) is 0. The van der Waals surface area contributed by atoms with Gasteiger partial charge < -0.3 is 5.32 Å². The highest BCUT2D eigenvalue weighted by atomic mass is 32.2.